The summed E-state index contributed by atoms with van der Waals surface area (Å²) in [4.78, 5) is 38.0. The number of amides is 3. The molecule has 3 rings (SSSR count). The first-order chi connectivity index (χ1) is 20.2. The van der Waals surface area contributed by atoms with Crippen LogP contribution in [0.3, 0.4) is 0 Å². The van der Waals surface area contributed by atoms with Gasteiger partial charge in [0.2, 0.25) is 11.8 Å². The molecule has 12 heteroatoms. The zero-order chi connectivity index (χ0) is 31.6. The van der Waals surface area contributed by atoms with Crippen LogP contribution in [-0.4, -0.2) is 44.8 Å². The summed E-state index contributed by atoms with van der Waals surface area (Å²) < 4.78 is 33.9. The minimum Gasteiger partial charge on any atom is -0.444 e. The Balaban J connectivity index is 1.69. The number of benzene rings is 3. The summed E-state index contributed by atoms with van der Waals surface area (Å²) in [5, 5.41) is 8.23. The van der Waals surface area contributed by atoms with Crippen molar-refractivity contribution < 1.29 is 31.7 Å². The third kappa shape index (κ3) is 12.0. The molecule has 0 heterocycles. The first-order valence-corrected chi connectivity index (χ1v) is 15.9. The highest BCUT2D eigenvalue weighted by Gasteiger charge is 2.22. The molecule has 0 aliphatic rings. The second-order valence-corrected chi connectivity index (χ2v) is 13.1. The molecular weight excluding hydrogens is 638 g/mol. The summed E-state index contributed by atoms with van der Waals surface area (Å²) in [6.07, 6.45) is 3.39. The third-order valence-corrected chi connectivity index (χ3v) is 6.84. The Morgan fingerprint density at radius 3 is 2.07 bits per heavy atom. The number of hydrogen-bond acceptors (Lipinski definition) is 7. The maximum absolute atomic E-state index is 13.2. The van der Waals surface area contributed by atoms with Gasteiger partial charge in [0, 0.05) is 16.2 Å². The second kappa shape index (κ2) is 14.9. The highest BCUT2D eigenvalue weighted by Crippen LogP contribution is 2.25. The number of ether oxygens (including phenoxy) is 1. The van der Waals surface area contributed by atoms with Gasteiger partial charge < -0.3 is 15.4 Å². The van der Waals surface area contributed by atoms with E-state index in [1.165, 1.54) is 6.08 Å². The van der Waals surface area contributed by atoms with E-state index in [9.17, 15) is 22.8 Å². The second-order valence-electron chi connectivity index (χ2n) is 10.5. The number of hydrogen-bond donors (Lipinski definition) is 3. The fourth-order valence-electron chi connectivity index (χ4n) is 3.83. The van der Waals surface area contributed by atoms with Gasteiger partial charge in [0.25, 0.3) is 10.1 Å². The maximum atomic E-state index is 13.2. The standard InChI is InChI=1S/C31H34BrN3O7S/c1-31(2,3)42-30(38)35-27-8-6-5-7-26(27)34-28(36)18-11-21-9-12-22(13-10-21)25(19-20-41-43(4,39)40)29(37)33-24-16-14-23(32)15-17-24/h5-18,25H,19-20H2,1-4H3,(H,33,37)(H,34,36)(H,35,38). The Hall–Kier alpha value is -4.00. The number of nitrogens with one attached hydrogen (secondary N) is 3. The summed E-state index contributed by atoms with van der Waals surface area (Å²) >= 11 is 3.36. The molecule has 1 atom stereocenters. The Kier molecular flexibility index (Phi) is 11.6. The molecule has 0 aliphatic carbocycles. The van der Waals surface area contributed by atoms with E-state index in [0.717, 1.165) is 10.7 Å². The van der Waals surface area contributed by atoms with Gasteiger partial charge in [-0.25, -0.2) is 4.79 Å². The molecular formula is C31H34BrN3O7S. The molecule has 0 spiro atoms. The van der Waals surface area contributed by atoms with Crippen molar-refractivity contribution >= 4 is 67.1 Å². The molecule has 0 fully saturated rings. The van der Waals surface area contributed by atoms with E-state index >= 15 is 0 Å². The number of anilines is 3. The molecule has 0 bridgehead atoms. The van der Waals surface area contributed by atoms with Gasteiger partial charge in [-0.1, -0.05) is 52.3 Å². The Morgan fingerprint density at radius 2 is 1.49 bits per heavy atom. The number of rotatable bonds is 11. The molecule has 43 heavy (non-hydrogen) atoms. The Bertz CT molecular complexity index is 1570. The fraction of sp³-hybridized carbons (Fsp3) is 0.258. The lowest BCUT2D eigenvalue weighted by Gasteiger charge is -2.20. The smallest absolute Gasteiger partial charge is 0.412 e. The van der Waals surface area contributed by atoms with Crippen molar-refractivity contribution in [2.45, 2.75) is 38.7 Å². The molecule has 0 saturated carbocycles. The minimum atomic E-state index is -3.66. The average Bonchev–Trinajstić information content (AvgIpc) is 2.91. The van der Waals surface area contributed by atoms with Crippen molar-refractivity contribution in [1.29, 1.82) is 0 Å². The average molecular weight is 673 g/mol. The van der Waals surface area contributed by atoms with Crippen molar-refractivity contribution in [3.8, 4) is 0 Å². The van der Waals surface area contributed by atoms with Crippen molar-refractivity contribution in [1.82, 2.24) is 0 Å². The van der Waals surface area contributed by atoms with Gasteiger partial charge in [-0.05, 0) is 80.8 Å². The van der Waals surface area contributed by atoms with Crippen LogP contribution in [0.4, 0.5) is 21.9 Å². The summed E-state index contributed by atoms with van der Waals surface area (Å²) in [6.45, 7) is 5.10. The molecule has 3 aromatic carbocycles. The van der Waals surface area contributed by atoms with E-state index in [1.54, 1.807) is 99.6 Å². The summed E-state index contributed by atoms with van der Waals surface area (Å²) in [6, 6.07) is 20.8. The van der Waals surface area contributed by atoms with E-state index in [-0.39, 0.29) is 18.9 Å². The van der Waals surface area contributed by atoms with Gasteiger partial charge in [-0.3, -0.25) is 19.1 Å². The molecule has 3 N–H and O–H groups in total. The number of para-hydroxylation sites is 2. The highest BCUT2D eigenvalue weighted by atomic mass is 79.9. The quantitative estimate of drug-likeness (QED) is 0.155. The number of carbonyl (C=O) groups is 3. The number of carbonyl (C=O) groups excluding carboxylic acids is 3. The van der Waals surface area contributed by atoms with E-state index in [0.29, 0.717) is 28.2 Å². The predicted octanol–water partition coefficient (Wildman–Crippen LogP) is 6.54. The van der Waals surface area contributed by atoms with Crippen molar-refractivity contribution in [2.24, 2.45) is 0 Å². The predicted molar refractivity (Wildman–Crippen MR) is 171 cm³/mol. The molecule has 0 aliphatic heterocycles. The topological polar surface area (TPSA) is 140 Å². The number of halogens is 1. The molecule has 3 aromatic rings. The molecule has 3 amide bonds. The lowest BCUT2D eigenvalue weighted by Crippen LogP contribution is -2.27. The van der Waals surface area contributed by atoms with Crippen LogP contribution in [0.25, 0.3) is 6.08 Å². The zero-order valence-electron chi connectivity index (χ0n) is 24.2. The van der Waals surface area contributed by atoms with Crippen LogP contribution >= 0.6 is 15.9 Å². The van der Waals surface area contributed by atoms with Crippen LogP contribution in [0.2, 0.25) is 0 Å². The van der Waals surface area contributed by atoms with Gasteiger partial charge in [0.1, 0.15) is 5.60 Å². The van der Waals surface area contributed by atoms with Gasteiger partial charge >= 0.3 is 6.09 Å². The SMILES string of the molecule is CC(C)(C)OC(=O)Nc1ccccc1NC(=O)C=Cc1ccc(C(CCOS(C)(=O)=O)C(=O)Nc2ccc(Br)cc2)cc1. The lowest BCUT2D eigenvalue weighted by molar-refractivity contribution is -0.118. The van der Waals surface area contributed by atoms with E-state index < -0.39 is 33.6 Å². The summed E-state index contributed by atoms with van der Waals surface area (Å²) in [5.41, 5.74) is 2.04. The van der Waals surface area contributed by atoms with Crippen LogP contribution < -0.4 is 16.0 Å². The Morgan fingerprint density at radius 1 is 0.884 bits per heavy atom. The zero-order valence-corrected chi connectivity index (χ0v) is 26.6. The highest BCUT2D eigenvalue weighted by molar-refractivity contribution is 9.10. The van der Waals surface area contributed by atoms with Crippen LogP contribution in [0.15, 0.2) is 83.3 Å². The largest absolute Gasteiger partial charge is 0.444 e. The fourth-order valence-corrected chi connectivity index (χ4v) is 4.49. The van der Waals surface area contributed by atoms with E-state index in [1.807, 2.05) is 0 Å². The summed E-state index contributed by atoms with van der Waals surface area (Å²) in [7, 11) is -3.66. The van der Waals surface area contributed by atoms with Gasteiger partial charge in [0.15, 0.2) is 0 Å². The molecule has 228 valence electrons. The molecule has 0 saturated heterocycles. The Labute approximate surface area is 260 Å². The van der Waals surface area contributed by atoms with E-state index in [2.05, 4.69) is 31.9 Å². The summed E-state index contributed by atoms with van der Waals surface area (Å²) in [5.74, 6) is -1.44. The van der Waals surface area contributed by atoms with Crippen LogP contribution in [0.5, 0.6) is 0 Å². The molecule has 1 unspecified atom stereocenters. The van der Waals surface area contributed by atoms with Crippen LogP contribution in [-0.2, 0) is 28.6 Å². The maximum Gasteiger partial charge on any atom is 0.412 e. The normalized spacial score (nSPS) is 12.4. The monoisotopic (exact) mass is 671 g/mol. The first-order valence-electron chi connectivity index (χ1n) is 13.3. The molecule has 0 radical (unpaired) electrons. The minimum absolute atomic E-state index is 0.129. The van der Waals surface area contributed by atoms with Crippen LogP contribution in [0, 0.1) is 0 Å². The van der Waals surface area contributed by atoms with Crippen molar-refractivity contribution in [3.63, 3.8) is 0 Å². The van der Waals surface area contributed by atoms with Gasteiger partial charge in [0.05, 0.1) is 30.2 Å². The van der Waals surface area contributed by atoms with Crippen LogP contribution in [0.1, 0.15) is 44.2 Å². The first kappa shape index (κ1) is 33.5. The van der Waals surface area contributed by atoms with E-state index in [4.69, 9.17) is 8.92 Å². The molecule has 10 nitrogen and oxygen atoms in total. The van der Waals surface area contributed by atoms with Crippen molar-refractivity contribution in [3.05, 3.63) is 94.5 Å². The molecule has 0 aromatic heterocycles. The van der Waals surface area contributed by atoms with Crippen molar-refractivity contribution in [2.75, 3.05) is 28.8 Å². The third-order valence-electron chi connectivity index (χ3n) is 5.72. The lowest BCUT2D eigenvalue weighted by atomic mass is 9.94. The van der Waals surface area contributed by atoms with Gasteiger partial charge in [-0.2, -0.15) is 8.42 Å². The van der Waals surface area contributed by atoms with Gasteiger partial charge in [-0.15, -0.1) is 0 Å².